The summed E-state index contributed by atoms with van der Waals surface area (Å²) in [4.78, 5) is 13.3. The second-order valence-electron chi connectivity index (χ2n) is 6.41. The van der Waals surface area contributed by atoms with Crippen LogP contribution in [-0.2, 0) is 16.1 Å². The second kappa shape index (κ2) is 8.43. The Morgan fingerprint density at radius 3 is 2.52 bits per heavy atom. The maximum atomic E-state index is 11.0. The number of piperidine rings is 1. The van der Waals surface area contributed by atoms with Gasteiger partial charge in [-0.2, -0.15) is 0 Å². The molecule has 0 aliphatic carbocycles. The number of ether oxygens (including phenoxy) is 2. The predicted molar refractivity (Wildman–Crippen MR) is 90.8 cm³/mol. The van der Waals surface area contributed by atoms with Gasteiger partial charge in [0.1, 0.15) is 18.1 Å². The number of carbonyl (C=O) groups is 1. The van der Waals surface area contributed by atoms with Gasteiger partial charge in [-0.1, -0.05) is 12.1 Å². The van der Waals surface area contributed by atoms with Gasteiger partial charge in [0.25, 0.3) is 0 Å². The molecule has 1 fully saturated rings. The highest BCUT2D eigenvalue weighted by Gasteiger charge is 2.35. The monoisotopic (exact) mass is 320 g/mol. The summed E-state index contributed by atoms with van der Waals surface area (Å²) in [5.41, 5.74) is 0.994. The summed E-state index contributed by atoms with van der Waals surface area (Å²) < 4.78 is 11.3. The predicted octanol–water partition coefficient (Wildman–Crippen LogP) is 1.85. The van der Waals surface area contributed by atoms with Crippen molar-refractivity contribution in [2.24, 2.45) is 0 Å². The fourth-order valence-corrected chi connectivity index (χ4v) is 3.21. The first-order valence-corrected chi connectivity index (χ1v) is 8.22. The van der Waals surface area contributed by atoms with Crippen molar-refractivity contribution in [3.05, 3.63) is 29.8 Å². The third-order valence-corrected chi connectivity index (χ3v) is 4.31. The van der Waals surface area contributed by atoms with E-state index in [1.807, 2.05) is 19.1 Å². The van der Waals surface area contributed by atoms with Crippen LogP contribution in [0.3, 0.4) is 0 Å². The largest absolute Gasteiger partial charge is 0.497 e. The van der Waals surface area contributed by atoms with E-state index >= 15 is 0 Å². The molecule has 128 valence electrons. The number of hydrogen-bond acceptors (Lipinski definition) is 5. The molecule has 1 aliphatic rings. The van der Waals surface area contributed by atoms with Crippen LogP contribution in [0.5, 0.6) is 5.75 Å². The van der Waals surface area contributed by atoms with Crippen molar-refractivity contribution in [2.75, 3.05) is 33.8 Å². The molecule has 23 heavy (non-hydrogen) atoms. The van der Waals surface area contributed by atoms with Crippen molar-refractivity contribution in [3.63, 3.8) is 0 Å². The molecule has 1 saturated heterocycles. The van der Waals surface area contributed by atoms with E-state index in [9.17, 15) is 4.79 Å². The summed E-state index contributed by atoms with van der Waals surface area (Å²) in [6.07, 6.45) is 2.38. The van der Waals surface area contributed by atoms with Crippen molar-refractivity contribution >= 4 is 6.29 Å². The lowest BCUT2D eigenvalue weighted by atomic mass is 9.91. The van der Waals surface area contributed by atoms with Crippen LogP contribution in [0.25, 0.3) is 0 Å². The molecule has 0 aromatic heterocycles. The van der Waals surface area contributed by atoms with Gasteiger partial charge >= 0.3 is 0 Å². The molecule has 1 aromatic rings. The summed E-state index contributed by atoms with van der Waals surface area (Å²) in [7, 11) is 3.77. The SMILES string of the molecule is COc1ccc(CN(C)CC2(OC(C)C=O)CCNCC2)cc1. The van der Waals surface area contributed by atoms with Gasteiger partial charge in [0.05, 0.1) is 12.7 Å². The third-order valence-electron chi connectivity index (χ3n) is 4.31. The molecule has 1 N–H and O–H groups in total. The fraction of sp³-hybridized carbons (Fsp3) is 0.611. The maximum Gasteiger partial charge on any atom is 0.148 e. The lowest BCUT2D eigenvalue weighted by molar-refractivity contribution is -0.140. The number of rotatable bonds is 8. The second-order valence-corrected chi connectivity index (χ2v) is 6.41. The van der Waals surface area contributed by atoms with Gasteiger partial charge in [-0.3, -0.25) is 4.90 Å². The molecule has 1 aliphatic heterocycles. The van der Waals surface area contributed by atoms with Crippen LogP contribution in [0, 0.1) is 0 Å². The van der Waals surface area contributed by atoms with E-state index in [1.54, 1.807) is 7.11 Å². The average molecular weight is 320 g/mol. The minimum atomic E-state index is -0.359. The van der Waals surface area contributed by atoms with E-state index in [4.69, 9.17) is 9.47 Å². The summed E-state index contributed by atoms with van der Waals surface area (Å²) in [5, 5.41) is 3.37. The number of likely N-dealkylation sites (N-methyl/N-ethyl adjacent to an activating group) is 1. The molecular formula is C18H28N2O3. The van der Waals surface area contributed by atoms with Crippen LogP contribution in [0.15, 0.2) is 24.3 Å². The molecule has 0 saturated carbocycles. The highest BCUT2D eigenvalue weighted by molar-refractivity contribution is 5.55. The van der Waals surface area contributed by atoms with Crippen LogP contribution in [-0.4, -0.2) is 56.7 Å². The highest BCUT2D eigenvalue weighted by atomic mass is 16.5. The zero-order chi connectivity index (χ0) is 16.7. The molecular weight excluding hydrogens is 292 g/mol. The molecule has 1 heterocycles. The van der Waals surface area contributed by atoms with Crippen LogP contribution in [0.4, 0.5) is 0 Å². The van der Waals surface area contributed by atoms with Gasteiger partial charge in [0, 0.05) is 13.1 Å². The Hall–Kier alpha value is -1.43. The fourth-order valence-electron chi connectivity index (χ4n) is 3.21. The van der Waals surface area contributed by atoms with Crippen LogP contribution in [0.1, 0.15) is 25.3 Å². The number of methoxy groups -OCH3 is 1. The molecule has 0 spiro atoms. The van der Waals surface area contributed by atoms with E-state index in [0.29, 0.717) is 0 Å². The number of nitrogens with zero attached hydrogens (tertiary/aromatic N) is 1. The van der Waals surface area contributed by atoms with Crippen molar-refractivity contribution in [1.29, 1.82) is 0 Å². The molecule has 5 heteroatoms. The number of aldehydes is 1. The molecule has 1 atom stereocenters. The first kappa shape index (κ1) is 17.9. The summed E-state index contributed by atoms with van der Waals surface area (Å²) >= 11 is 0. The van der Waals surface area contributed by atoms with Crippen LogP contribution < -0.4 is 10.1 Å². The topological polar surface area (TPSA) is 50.8 Å². The minimum Gasteiger partial charge on any atom is -0.497 e. The van der Waals surface area contributed by atoms with Crippen molar-refractivity contribution < 1.29 is 14.3 Å². The van der Waals surface area contributed by atoms with Crippen molar-refractivity contribution in [3.8, 4) is 5.75 Å². The Labute approximate surface area is 139 Å². The minimum absolute atomic E-state index is 0.243. The van der Waals surface area contributed by atoms with E-state index in [0.717, 1.165) is 51.1 Å². The van der Waals surface area contributed by atoms with Gasteiger partial charge in [-0.15, -0.1) is 0 Å². The Kier molecular flexibility index (Phi) is 6.57. The first-order valence-electron chi connectivity index (χ1n) is 8.22. The molecule has 1 unspecified atom stereocenters. The summed E-state index contributed by atoms with van der Waals surface area (Å²) in [6, 6.07) is 8.13. The standard InChI is InChI=1S/C18H28N2O3/c1-15(13-21)23-18(8-10-19-11-9-18)14-20(2)12-16-4-6-17(22-3)7-5-16/h4-7,13,15,19H,8-12,14H2,1-3H3. The van der Waals surface area contributed by atoms with Crippen LogP contribution in [0.2, 0.25) is 0 Å². The summed E-state index contributed by atoms with van der Waals surface area (Å²) in [6.45, 7) is 5.35. The zero-order valence-electron chi connectivity index (χ0n) is 14.4. The smallest absolute Gasteiger partial charge is 0.148 e. The van der Waals surface area contributed by atoms with Crippen molar-refractivity contribution in [1.82, 2.24) is 10.2 Å². The average Bonchev–Trinajstić information content (AvgIpc) is 2.56. The number of carbonyl (C=O) groups excluding carboxylic acids is 1. The Morgan fingerprint density at radius 1 is 1.30 bits per heavy atom. The Bertz CT molecular complexity index is 484. The molecule has 1 aromatic carbocycles. The Balaban J connectivity index is 1.98. The van der Waals surface area contributed by atoms with Gasteiger partial charge < -0.3 is 19.6 Å². The van der Waals surface area contributed by atoms with E-state index in [2.05, 4.69) is 29.4 Å². The maximum absolute atomic E-state index is 11.0. The molecule has 0 radical (unpaired) electrons. The molecule has 2 rings (SSSR count). The first-order chi connectivity index (χ1) is 11.1. The van der Waals surface area contributed by atoms with E-state index in [-0.39, 0.29) is 11.7 Å². The van der Waals surface area contributed by atoms with Gasteiger partial charge in [-0.05, 0) is 57.6 Å². The van der Waals surface area contributed by atoms with Gasteiger partial charge in [0.15, 0.2) is 0 Å². The quantitative estimate of drug-likeness (QED) is 0.741. The number of benzene rings is 1. The van der Waals surface area contributed by atoms with Gasteiger partial charge in [0.2, 0.25) is 0 Å². The number of hydrogen-bond donors (Lipinski definition) is 1. The highest BCUT2D eigenvalue weighted by Crippen LogP contribution is 2.26. The summed E-state index contributed by atoms with van der Waals surface area (Å²) in [5.74, 6) is 0.870. The van der Waals surface area contributed by atoms with E-state index < -0.39 is 0 Å². The van der Waals surface area contributed by atoms with Crippen molar-refractivity contribution in [2.45, 2.75) is 38.0 Å². The lowest BCUT2D eigenvalue weighted by Crippen LogP contribution is -2.52. The normalized spacial score (nSPS) is 18.6. The van der Waals surface area contributed by atoms with Gasteiger partial charge in [-0.25, -0.2) is 0 Å². The molecule has 0 bridgehead atoms. The van der Waals surface area contributed by atoms with Crippen LogP contribution >= 0.6 is 0 Å². The molecule has 5 nitrogen and oxygen atoms in total. The zero-order valence-corrected chi connectivity index (χ0v) is 14.4. The number of nitrogens with one attached hydrogen (secondary N) is 1. The van der Waals surface area contributed by atoms with E-state index in [1.165, 1.54) is 5.56 Å². The lowest BCUT2D eigenvalue weighted by Gasteiger charge is -2.41. The Morgan fingerprint density at radius 2 is 1.96 bits per heavy atom. The molecule has 0 amide bonds. The third kappa shape index (κ3) is 5.30.